The lowest BCUT2D eigenvalue weighted by Crippen LogP contribution is -2.49. The third-order valence-electron chi connectivity index (χ3n) is 4.91. The Morgan fingerprint density at radius 3 is 2.65 bits per heavy atom. The summed E-state index contributed by atoms with van der Waals surface area (Å²) in [4.78, 5) is 4.93. The van der Waals surface area contributed by atoms with Crippen LogP contribution < -0.4 is 11.1 Å². The van der Waals surface area contributed by atoms with Crippen LogP contribution in [0, 0.1) is 0 Å². The molecule has 2 aliphatic heterocycles. The van der Waals surface area contributed by atoms with E-state index in [0.29, 0.717) is 6.04 Å². The highest BCUT2D eigenvalue weighted by molar-refractivity contribution is 5.19. The normalized spacial score (nSPS) is 21.7. The van der Waals surface area contributed by atoms with Gasteiger partial charge in [0.15, 0.2) is 5.88 Å². The molecule has 0 spiro atoms. The van der Waals surface area contributed by atoms with Crippen molar-refractivity contribution in [2.45, 2.75) is 25.5 Å². The lowest BCUT2D eigenvalue weighted by atomic mass is 10.1. The van der Waals surface area contributed by atoms with E-state index < -0.39 is 0 Å². The molecule has 0 radical (unpaired) electrons. The molecule has 3 rings (SSSR count). The highest BCUT2D eigenvalue weighted by atomic mass is 16.5. The number of nitrogens with two attached hydrogens (primary N) is 1. The molecule has 140 valence electrons. The minimum atomic E-state index is -0.0413. The van der Waals surface area contributed by atoms with Gasteiger partial charge in [0.2, 0.25) is 0 Å². The van der Waals surface area contributed by atoms with Gasteiger partial charge in [0, 0.05) is 45.2 Å². The van der Waals surface area contributed by atoms with Crippen molar-refractivity contribution in [1.29, 1.82) is 0 Å². The van der Waals surface area contributed by atoms with E-state index in [1.807, 2.05) is 18.2 Å². The second kappa shape index (κ2) is 8.81. The number of benzene rings is 1. The van der Waals surface area contributed by atoms with E-state index in [9.17, 15) is 0 Å². The van der Waals surface area contributed by atoms with Gasteiger partial charge in [0.05, 0.1) is 0 Å². The maximum absolute atomic E-state index is 5.78. The number of hydrogen-bond acceptors (Lipinski definition) is 5. The van der Waals surface area contributed by atoms with Crippen LogP contribution in [-0.4, -0.2) is 48.6 Å². The molecule has 0 aromatic heterocycles. The zero-order chi connectivity index (χ0) is 18.4. The van der Waals surface area contributed by atoms with E-state index in [1.54, 1.807) is 0 Å². The fourth-order valence-electron chi connectivity index (χ4n) is 3.50. The Kier molecular flexibility index (Phi) is 6.23. The molecule has 2 aliphatic rings. The summed E-state index contributed by atoms with van der Waals surface area (Å²) in [5, 5.41) is 3.53. The molecule has 5 nitrogen and oxygen atoms in total. The highest BCUT2D eigenvalue weighted by Crippen LogP contribution is 2.23. The van der Waals surface area contributed by atoms with Crippen LogP contribution in [0.1, 0.15) is 25.0 Å². The van der Waals surface area contributed by atoms with Crippen LogP contribution in [0.25, 0.3) is 0 Å². The molecular formula is C21H30N4O. The molecule has 26 heavy (non-hydrogen) atoms. The standard InChI is InChI=1S/C21H30N4O/c1-17-7-6-10-21(23-17)25-15-13-24(14-16-25)12-11-20(26-18(2)22)19-8-4-3-5-9-19/h3-10,17,20,23H,2,11-16,22H2,1H3. The molecule has 1 saturated heterocycles. The Labute approximate surface area is 156 Å². The zero-order valence-electron chi connectivity index (χ0n) is 15.6. The summed E-state index contributed by atoms with van der Waals surface area (Å²) in [5.41, 5.74) is 6.84. The number of rotatable bonds is 7. The van der Waals surface area contributed by atoms with Gasteiger partial charge in [-0.15, -0.1) is 0 Å². The minimum absolute atomic E-state index is 0.0413. The third-order valence-corrected chi connectivity index (χ3v) is 4.91. The number of dihydropyridines is 1. The summed E-state index contributed by atoms with van der Waals surface area (Å²) in [7, 11) is 0. The van der Waals surface area contributed by atoms with Crippen molar-refractivity contribution < 1.29 is 4.74 Å². The number of hydrogen-bond donors (Lipinski definition) is 2. The zero-order valence-corrected chi connectivity index (χ0v) is 15.6. The molecule has 0 bridgehead atoms. The Bertz CT molecular complexity index is 647. The summed E-state index contributed by atoms with van der Waals surface area (Å²) >= 11 is 0. The van der Waals surface area contributed by atoms with Crippen molar-refractivity contribution in [1.82, 2.24) is 15.1 Å². The highest BCUT2D eigenvalue weighted by Gasteiger charge is 2.21. The first kappa shape index (κ1) is 18.4. The largest absolute Gasteiger partial charge is 0.472 e. The molecule has 2 atom stereocenters. The molecule has 0 amide bonds. The first-order valence-corrected chi connectivity index (χ1v) is 9.40. The maximum Gasteiger partial charge on any atom is 0.177 e. The molecule has 1 aromatic rings. The Morgan fingerprint density at radius 2 is 2.00 bits per heavy atom. The summed E-state index contributed by atoms with van der Waals surface area (Å²) in [6.07, 6.45) is 7.35. The van der Waals surface area contributed by atoms with Crippen molar-refractivity contribution in [3.8, 4) is 0 Å². The molecule has 3 N–H and O–H groups in total. The first-order valence-electron chi connectivity index (χ1n) is 9.40. The number of nitrogens with zero attached hydrogens (tertiary/aromatic N) is 2. The molecule has 0 saturated carbocycles. The monoisotopic (exact) mass is 354 g/mol. The van der Waals surface area contributed by atoms with Crippen LogP contribution in [0.5, 0.6) is 0 Å². The van der Waals surface area contributed by atoms with Crippen molar-refractivity contribution >= 4 is 0 Å². The average Bonchev–Trinajstić information content (AvgIpc) is 2.66. The van der Waals surface area contributed by atoms with Crippen LogP contribution in [0.4, 0.5) is 0 Å². The van der Waals surface area contributed by atoms with Crippen molar-refractivity contribution in [2.24, 2.45) is 5.73 Å². The summed E-state index contributed by atoms with van der Waals surface area (Å²) in [5.74, 6) is 1.52. The number of piperazine rings is 1. The van der Waals surface area contributed by atoms with Crippen LogP contribution in [0.2, 0.25) is 0 Å². The van der Waals surface area contributed by atoms with E-state index >= 15 is 0 Å². The van der Waals surface area contributed by atoms with E-state index in [2.05, 4.69) is 59.0 Å². The van der Waals surface area contributed by atoms with Gasteiger partial charge in [-0.3, -0.25) is 4.90 Å². The molecule has 0 aliphatic carbocycles. The Hall–Kier alpha value is -2.40. The van der Waals surface area contributed by atoms with Crippen molar-refractivity contribution in [2.75, 3.05) is 32.7 Å². The van der Waals surface area contributed by atoms with E-state index in [-0.39, 0.29) is 12.0 Å². The minimum Gasteiger partial charge on any atom is -0.472 e. The van der Waals surface area contributed by atoms with Gasteiger partial charge in [-0.05, 0) is 25.1 Å². The van der Waals surface area contributed by atoms with Crippen molar-refractivity contribution in [3.05, 3.63) is 72.4 Å². The van der Waals surface area contributed by atoms with E-state index in [1.165, 1.54) is 5.82 Å². The summed E-state index contributed by atoms with van der Waals surface area (Å²) in [6.45, 7) is 11.1. The number of allylic oxidation sites excluding steroid dienone is 2. The fourth-order valence-corrected chi connectivity index (χ4v) is 3.50. The third kappa shape index (κ3) is 5.05. The summed E-state index contributed by atoms with van der Waals surface area (Å²) in [6, 6.07) is 10.7. The van der Waals surface area contributed by atoms with Gasteiger partial charge in [-0.1, -0.05) is 42.5 Å². The van der Waals surface area contributed by atoms with Crippen LogP contribution in [0.3, 0.4) is 0 Å². The SMILES string of the molecule is C=C(N)OC(CCN1CCN(C2=CC=CC(C)N2)CC1)c1ccccc1. The van der Waals surface area contributed by atoms with E-state index in [0.717, 1.165) is 44.7 Å². The molecular weight excluding hydrogens is 324 g/mol. The Morgan fingerprint density at radius 1 is 1.27 bits per heavy atom. The lowest BCUT2D eigenvalue weighted by Gasteiger charge is -2.39. The van der Waals surface area contributed by atoms with Crippen LogP contribution in [0.15, 0.2) is 66.8 Å². The van der Waals surface area contributed by atoms with Crippen molar-refractivity contribution in [3.63, 3.8) is 0 Å². The second-order valence-electron chi connectivity index (χ2n) is 6.97. The van der Waals surface area contributed by atoms with Gasteiger partial charge >= 0.3 is 0 Å². The molecule has 1 aromatic carbocycles. The van der Waals surface area contributed by atoms with Gasteiger partial charge in [-0.25, -0.2) is 0 Å². The summed E-state index contributed by atoms with van der Waals surface area (Å²) < 4.78 is 5.78. The predicted molar refractivity (Wildman–Crippen MR) is 106 cm³/mol. The fraction of sp³-hybridized carbons (Fsp3) is 0.429. The quantitative estimate of drug-likeness (QED) is 0.737. The molecule has 1 fully saturated rings. The molecule has 5 heteroatoms. The van der Waals surface area contributed by atoms with Crippen LogP contribution in [-0.2, 0) is 4.74 Å². The lowest BCUT2D eigenvalue weighted by molar-refractivity contribution is 0.0818. The maximum atomic E-state index is 5.78. The average molecular weight is 354 g/mol. The van der Waals surface area contributed by atoms with Gasteiger partial charge in [-0.2, -0.15) is 0 Å². The van der Waals surface area contributed by atoms with Gasteiger partial charge in [0.1, 0.15) is 11.9 Å². The van der Waals surface area contributed by atoms with Gasteiger partial charge < -0.3 is 20.7 Å². The Balaban J connectivity index is 1.49. The number of nitrogens with one attached hydrogen (secondary N) is 1. The topological polar surface area (TPSA) is 53.8 Å². The molecule has 2 unspecified atom stereocenters. The molecule has 2 heterocycles. The smallest absolute Gasteiger partial charge is 0.177 e. The van der Waals surface area contributed by atoms with Gasteiger partial charge in [0.25, 0.3) is 0 Å². The first-order chi connectivity index (χ1) is 12.6. The second-order valence-corrected chi connectivity index (χ2v) is 6.97. The number of ether oxygens (including phenoxy) is 1. The predicted octanol–water partition coefficient (Wildman–Crippen LogP) is 2.57. The van der Waals surface area contributed by atoms with E-state index in [4.69, 9.17) is 10.5 Å². The van der Waals surface area contributed by atoms with Crippen LogP contribution >= 0.6 is 0 Å².